The Hall–Kier alpha value is -3.96. The third-order valence-corrected chi connectivity index (χ3v) is 4.85. The number of nitrogens with zero attached hydrogens (tertiary/aromatic N) is 2. The first kappa shape index (κ1) is 25.7. The molecule has 1 aromatic heterocycles. The summed E-state index contributed by atoms with van der Waals surface area (Å²) in [6.07, 6.45) is 0.760. The molecule has 0 aliphatic rings. The summed E-state index contributed by atoms with van der Waals surface area (Å²) in [5, 5.41) is 18.6. The van der Waals surface area contributed by atoms with Gasteiger partial charge in [-0.25, -0.2) is 9.37 Å². The highest BCUT2D eigenvalue weighted by Crippen LogP contribution is 2.23. The van der Waals surface area contributed by atoms with Crippen molar-refractivity contribution < 1.29 is 23.8 Å². The second kappa shape index (κ2) is 13.1. The Balaban J connectivity index is 1.58. The topological polar surface area (TPSA) is 144 Å². The number of carbonyl (C=O) groups excluding carboxylic acids is 1. The molecule has 0 aliphatic heterocycles. The first-order valence-corrected chi connectivity index (χ1v) is 11.0. The zero-order chi connectivity index (χ0) is 25.0. The third kappa shape index (κ3) is 8.40. The number of aliphatic hydroxyl groups is 1. The molecule has 1 heterocycles. The number of aromatic nitrogens is 2. The molecule has 0 saturated carbocycles. The summed E-state index contributed by atoms with van der Waals surface area (Å²) in [6, 6.07) is 14.4. The predicted octanol–water partition coefficient (Wildman–Crippen LogP) is 3.17. The van der Waals surface area contributed by atoms with Crippen molar-refractivity contribution in [1.29, 1.82) is 0 Å². The molecule has 3 aromatic rings. The number of halogens is 1. The first-order valence-electron chi connectivity index (χ1n) is 11.0. The van der Waals surface area contributed by atoms with E-state index in [0.717, 1.165) is 11.9 Å². The minimum absolute atomic E-state index is 0.0174. The normalized spacial score (nSPS) is 11.5. The number of benzene rings is 2. The van der Waals surface area contributed by atoms with Crippen molar-refractivity contribution in [3.8, 4) is 5.75 Å². The summed E-state index contributed by atoms with van der Waals surface area (Å²) in [5.41, 5.74) is 7.16. The van der Waals surface area contributed by atoms with Crippen LogP contribution in [-0.4, -0.2) is 54.0 Å². The average Bonchev–Trinajstić information content (AvgIpc) is 2.85. The molecule has 3 rings (SSSR count). The number of rotatable bonds is 14. The standard InChI is InChI=1S/C24H29FN6O4/c1-34-12-13-35-19-9-7-16(8-10-19)30-24-28-15-20(25)23(31-24)29-18-5-2-4-17(14-18)27-11-3-6-21(32)22(26)33/h2,4-5,7-10,14-15,21,27,32H,3,6,11-13H2,1H3,(H2,26,33)(H2,28,29,30,31). The van der Waals surface area contributed by atoms with Gasteiger partial charge in [-0.2, -0.15) is 4.98 Å². The van der Waals surface area contributed by atoms with Gasteiger partial charge < -0.3 is 36.3 Å². The van der Waals surface area contributed by atoms with Gasteiger partial charge in [-0.3, -0.25) is 4.79 Å². The van der Waals surface area contributed by atoms with Crippen LogP contribution >= 0.6 is 0 Å². The Morgan fingerprint density at radius 3 is 2.63 bits per heavy atom. The van der Waals surface area contributed by atoms with Crippen LogP contribution < -0.4 is 26.4 Å². The van der Waals surface area contributed by atoms with Crippen LogP contribution in [-0.2, 0) is 9.53 Å². The summed E-state index contributed by atoms with van der Waals surface area (Å²) in [7, 11) is 1.61. The number of aliphatic hydroxyl groups excluding tert-OH is 1. The Bertz CT molecular complexity index is 1100. The van der Waals surface area contributed by atoms with E-state index >= 15 is 0 Å². The highest BCUT2D eigenvalue weighted by Gasteiger charge is 2.10. The van der Waals surface area contributed by atoms with Gasteiger partial charge >= 0.3 is 0 Å². The molecule has 0 fully saturated rings. The molecule has 1 amide bonds. The molecule has 0 saturated heterocycles. The molecular weight excluding hydrogens is 455 g/mol. The highest BCUT2D eigenvalue weighted by molar-refractivity contribution is 5.78. The number of primary amides is 1. The molecule has 10 nitrogen and oxygen atoms in total. The number of anilines is 5. The molecule has 6 N–H and O–H groups in total. The van der Waals surface area contributed by atoms with Crippen molar-refractivity contribution in [3.63, 3.8) is 0 Å². The third-order valence-electron chi connectivity index (χ3n) is 4.85. The molecule has 35 heavy (non-hydrogen) atoms. The fraction of sp³-hybridized carbons (Fsp3) is 0.292. The molecule has 186 valence electrons. The number of methoxy groups -OCH3 is 1. The van der Waals surface area contributed by atoms with Crippen LogP contribution in [0.2, 0.25) is 0 Å². The molecule has 2 aromatic carbocycles. The van der Waals surface area contributed by atoms with Gasteiger partial charge in [0.15, 0.2) is 11.6 Å². The van der Waals surface area contributed by atoms with E-state index < -0.39 is 17.8 Å². The van der Waals surface area contributed by atoms with E-state index in [2.05, 4.69) is 25.9 Å². The average molecular weight is 485 g/mol. The second-order valence-electron chi connectivity index (χ2n) is 7.57. The fourth-order valence-corrected chi connectivity index (χ4v) is 3.04. The molecule has 11 heteroatoms. The maximum atomic E-state index is 14.4. The number of ether oxygens (including phenoxy) is 2. The Labute approximate surface area is 202 Å². The lowest BCUT2D eigenvalue weighted by Crippen LogP contribution is -2.28. The van der Waals surface area contributed by atoms with Gasteiger partial charge in [0.1, 0.15) is 18.5 Å². The second-order valence-corrected chi connectivity index (χ2v) is 7.57. The number of hydrogen-bond donors (Lipinski definition) is 5. The van der Waals surface area contributed by atoms with E-state index in [1.807, 2.05) is 6.07 Å². The predicted molar refractivity (Wildman–Crippen MR) is 132 cm³/mol. The molecule has 0 aliphatic carbocycles. The molecule has 0 bridgehead atoms. The molecule has 0 radical (unpaired) electrons. The van der Waals surface area contributed by atoms with E-state index in [1.165, 1.54) is 0 Å². The summed E-state index contributed by atoms with van der Waals surface area (Å²) < 4.78 is 24.9. The Morgan fingerprint density at radius 1 is 1.11 bits per heavy atom. The van der Waals surface area contributed by atoms with Gasteiger partial charge in [0.2, 0.25) is 11.9 Å². The lowest BCUT2D eigenvalue weighted by Gasteiger charge is -2.12. The summed E-state index contributed by atoms with van der Waals surface area (Å²) in [4.78, 5) is 19.1. The van der Waals surface area contributed by atoms with Crippen molar-refractivity contribution in [2.24, 2.45) is 5.73 Å². The molecule has 1 atom stereocenters. The van der Waals surface area contributed by atoms with Crippen LogP contribution in [0.1, 0.15) is 12.8 Å². The van der Waals surface area contributed by atoms with Crippen molar-refractivity contribution in [2.75, 3.05) is 42.8 Å². The largest absolute Gasteiger partial charge is 0.491 e. The van der Waals surface area contributed by atoms with Gasteiger partial charge in [0.05, 0.1) is 12.8 Å². The van der Waals surface area contributed by atoms with E-state index in [-0.39, 0.29) is 18.2 Å². The first-order chi connectivity index (χ1) is 16.9. The van der Waals surface area contributed by atoms with Gasteiger partial charge in [0, 0.05) is 30.7 Å². The van der Waals surface area contributed by atoms with E-state index in [1.54, 1.807) is 49.6 Å². The number of nitrogens with one attached hydrogen (secondary N) is 3. The molecule has 0 spiro atoms. The quantitative estimate of drug-likeness (QED) is 0.218. The maximum absolute atomic E-state index is 14.4. The van der Waals surface area contributed by atoms with Crippen LogP contribution in [0.3, 0.4) is 0 Å². The van der Waals surface area contributed by atoms with Crippen molar-refractivity contribution in [3.05, 3.63) is 60.5 Å². The number of nitrogens with two attached hydrogens (primary N) is 1. The molecule has 1 unspecified atom stereocenters. The van der Waals surface area contributed by atoms with E-state index in [4.69, 9.17) is 15.2 Å². The number of hydrogen-bond acceptors (Lipinski definition) is 9. The maximum Gasteiger partial charge on any atom is 0.246 e. The summed E-state index contributed by atoms with van der Waals surface area (Å²) >= 11 is 0. The Kier molecular flexibility index (Phi) is 9.58. The van der Waals surface area contributed by atoms with Gasteiger partial charge in [-0.15, -0.1) is 0 Å². The van der Waals surface area contributed by atoms with Gasteiger partial charge in [0.25, 0.3) is 0 Å². The minimum atomic E-state index is -1.15. The van der Waals surface area contributed by atoms with Crippen LogP contribution in [0.25, 0.3) is 0 Å². The Morgan fingerprint density at radius 2 is 1.89 bits per heavy atom. The molecular formula is C24H29FN6O4. The van der Waals surface area contributed by atoms with Crippen molar-refractivity contribution in [1.82, 2.24) is 9.97 Å². The monoisotopic (exact) mass is 484 g/mol. The lowest BCUT2D eigenvalue weighted by atomic mass is 10.2. The SMILES string of the molecule is COCCOc1ccc(Nc2ncc(F)c(Nc3cccc(NCCCC(O)C(N)=O)c3)n2)cc1. The lowest BCUT2D eigenvalue weighted by molar-refractivity contribution is -0.126. The van der Waals surface area contributed by atoms with Crippen LogP contribution in [0.15, 0.2) is 54.7 Å². The van der Waals surface area contributed by atoms with Crippen molar-refractivity contribution >= 4 is 34.7 Å². The minimum Gasteiger partial charge on any atom is -0.491 e. The van der Waals surface area contributed by atoms with E-state index in [0.29, 0.717) is 43.3 Å². The van der Waals surface area contributed by atoms with Crippen molar-refractivity contribution in [2.45, 2.75) is 18.9 Å². The number of amides is 1. The zero-order valence-electron chi connectivity index (χ0n) is 19.3. The smallest absolute Gasteiger partial charge is 0.246 e. The van der Waals surface area contributed by atoms with Crippen LogP contribution in [0.5, 0.6) is 5.75 Å². The van der Waals surface area contributed by atoms with E-state index in [9.17, 15) is 14.3 Å². The summed E-state index contributed by atoms with van der Waals surface area (Å²) in [5.74, 6) is -0.391. The summed E-state index contributed by atoms with van der Waals surface area (Å²) in [6.45, 7) is 1.48. The van der Waals surface area contributed by atoms with Crippen LogP contribution in [0.4, 0.5) is 33.2 Å². The highest BCUT2D eigenvalue weighted by atomic mass is 19.1. The van der Waals surface area contributed by atoms with Gasteiger partial charge in [-0.05, 0) is 55.3 Å². The fourth-order valence-electron chi connectivity index (χ4n) is 3.04. The van der Waals surface area contributed by atoms with Crippen LogP contribution in [0, 0.1) is 5.82 Å². The number of carbonyl (C=O) groups is 1. The zero-order valence-corrected chi connectivity index (χ0v) is 19.3. The van der Waals surface area contributed by atoms with Gasteiger partial charge in [-0.1, -0.05) is 6.07 Å².